The number of rotatable bonds is 1. The molecule has 13 heavy (non-hydrogen) atoms. The predicted octanol–water partition coefficient (Wildman–Crippen LogP) is 3.38. The second-order valence-corrected chi connectivity index (χ2v) is 3.97. The third-order valence-electron chi connectivity index (χ3n) is 2.98. The van der Waals surface area contributed by atoms with Gasteiger partial charge in [0.1, 0.15) is 0 Å². The van der Waals surface area contributed by atoms with E-state index in [2.05, 4.69) is 43.4 Å². The zero-order valence-electron chi connectivity index (χ0n) is 8.38. The average molecular weight is 175 g/mol. The number of hydrogen-bond donors (Lipinski definition) is 1. The van der Waals surface area contributed by atoms with Gasteiger partial charge in [0.05, 0.1) is 0 Å². The number of para-hydroxylation sites is 1. The molecule has 1 nitrogen and oxygen atoms in total. The van der Waals surface area contributed by atoms with E-state index in [1.165, 1.54) is 24.1 Å². The van der Waals surface area contributed by atoms with Crippen LogP contribution in [0.4, 0.5) is 5.69 Å². The van der Waals surface area contributed by atoms with Crippen molar-refractivity contribution in [3.63, 3.8) is 0 Å². The second-order valence-electron chi connectivity index (χ2n) is 3.97. The molecule has 1 N–H and O–H groups in total. The molecule has 0 saturated heterocycles. The Bertz CT molecular complexity index is 293. The van der Waals surface area contributed by atoms with Gasteiger partial charge in [-0.05, 0) is 30.4 Å². The summed E-state index contributed by atoms with van der Waals surface area (Å²) in [5, 5.41) is 3.58. The SMILES string of the molecule is CC[C@H]1C[C@@H](C)c2ccccc2N1. The molecular weight excluding hydrogens is 158 g/mol. The monoisotopic (exact) mass is 175 g/mol. The van der Waals surface area contributed by atoms with E-state index in [1.54, 1.807) is 0 Å². The molecule has 0 spiro atoms. The Balaban J connectivity index is 2.31. The minimum atomic E-state index is 0.671. The van der Waals surface area contributed by atoms with Crippen molar-refractivity contribution in [3.05, 3.63) is 29.8 Å². The molecule has 0 bridgehead atoms. The zero-order valence-corrected chi connectivity index (χ0v) is 8.38. The molecule has 1 aliphatic heterocycles. The Morgan fingerprint density at radius 1 is 1.38 bits per heavy atom. The molecule has 1 aromatic carbocycles. The van der Waals surface area contributed by atoms with E-state index in [1.807, 2.05) is 0 Å². The third kappa shape index (κ3) is 1.55. The Morgan fingerprint density at radius 3 is 2.92 bits per heavy atom. The smallest absolute Gasteiger partial charge is 0.0377 e. The van der Waals surface area contributed by atoms with E-state index in [-0.39, 0.29) is 0 Å². The molecule has 0 aliphatic carbocycles. The number of anilines is 1. The summed E-state index contributed by atoms with van der Waals surface area (Å²) >= 11 is 0. The van der Waals surface area contributed by atoms with E-state index in [0.717, 1.165) is 0 Å². The molecule has 0 radical (unpaired) electrons. The van der Waals surface area contributed by atoms with Gasteiger partial charge >= 0.3 is 0 Å². The molecule has 0 aromatic heterocycles. The molecule has 1 aromatic rings. The highest BCUT2D eigenvalue weighted by Gasteiger charge is 2.21. The lowest BCUT2D eigenvalue weighted by Crippen LogP contribution is -2.26. The first kappa shape index (κ1) is 8.61. The first-order valence-corrected chi connectivity index (χ1v) is 5.16. The quantitative estimate of drug-likeness (QED) is 0.690. The molecule has 1 aliphatic rings. The van der Waals surface area contributed by atoms with Gasteiger partial charge in [-0.2, -0.15) is 0 Å². The number of fused-ring (bicyclic) bond motifs is 1. The lowest BCUT2D eigenvalue weighted by molar-refractivity contribution is 0.547. The van der Waals surface area contributed by atoms with Gasteiger partial charge in [-0.15, -0.1) is 0 Å². The van der Waals surface area contributed by atoms with Gasteiger partial charge in [0, 0.05) is 11.7 Å². The molecule has 0 fully saturated rings. The predicted molar refractivity (Wildman–Crippen MR) is 57.2 cm³/mol. The van der Waals surface area contributed by atoms with Gasteiger partial charge in [-0.3, -0.25) is 0 Å². The Morgan fingerprint density at radius 2 is 2.15 bits per heavy atom. The summed E-state index contributed by atoms with van der Waals surface area (Å²) < 4.78 is 0. The van der Waals surface area contributed by atoms with Crippen LogP contribution in [0.15, 0.2) is 24.3 Å². The van der Waals surface area contributed by atoms with Crippen molar-refractivity contribution < 1.29 is 0 Å². The van der Waals surface area contributed by atoms with Crippen LogP contribution < -0.4 is 5.32 Å². The van der Waals surface area contributed by atoms with E-state index in [0.29, 0.717) is 12.0 Å². The van der Waals surface area contributed by atoms with E-state index in [4.69, 9.17) is 0 Å². The van der Waals surface area contributed by atoms with Crippen LogP contribution in [-0.2, 0) is 0 Å². The Kier molecular flexibility index (Phi) is 2.26. The Labute approximate surface area is 80.2 Å². The molecule has 70 valence electrons. The minimum Gasteiger partial charge on any atom is -0.382 e. The molecule has 1 heterocycles. The number of benzene rings is 1. The summed E-state index contributed by atoms with van der Waals surface area (Å²) in [6.07, 6.45) is 2.49. The minimum absolute atomic E-state index is 0.671. The van der Waals surface area contributed by atoms with Crippen molar-refractivity contribution in [3.8, 4) is 0 Å². The Hall–Kier alpha value is -0.980. The molecule has 1 heteroatoms. The van der Waals surface area contributed by atoms with Crippen LogP contribution in [0.2, 0.25) is 0 Å². The molecule has 0 saturated carbocycles. The normalized spacial score (nSPS) is 26.3. The number of nitrogens with one attached hydrogen (secondary N) is 1. The topological polar surface area (TPSA) is 12.0 Å². The molecular formula is C12H17N. The van der Waals surface area contributed by atoms with E-state index in [9.17, 15) is 0 Å². The highest BCUT2D eigenvalue weighted by atomic mass is 14.9. The van der Waals surface area contributed by atoms with Crippen LogP contribution in [0, 0.1) is 0 Å². The van der Waals surface area contributed by atoms with Crippen LogP contribution in [0.1, 0.15) is 38.2 Å². The van der Waals surface area contributed by atoms with Crippen LogP contribution in [-0.4, -0.2) is 6.04 Å². The highest BCUT2D eigenvalue weighted by Crippen LogP contribution is 2.34. The summed E-state index contributed by atoms with van der Waals surface area (Å²) in [4.78, 5) is 0. The fraction of sp³-hybridized carbons (Fsp3) is 0.500. The van der Waals surface area contributed by atoms with E-state index >= 15 is 0 Å². The summed E-state index contributed by atoms with van der Waals surface area (Å²) in [5.41, 5.74) is 2.82. The van der Waals surface area contributed by atoms with Crippen molar-refractivity contribution in [2.24, 2.45) is 0 Å². The lowest BCUT2D eigenvalue weighted by Gasteiger charge is -2.30. The molecule has 0 amide bonds. The van der Waals surface area contributed by atoms with Gasteiger partial charge in [0.25, 0.3) is 0 Å². The summed E-state index contributed by atoms with van der Waals surface area (Å²) in [6, 6.07) is 9.33. The van der Waals surface area contributed by atoms with Gasteiger partial charge < -0.3 is 5.32 Å². The van der Waals surface area contributed by atoms with Gasteiger partial charge in [-0.25, -0.2) is 0 Å². The van der Waals surface area contributed by atoms with Crippen molar-refractivity contribution in [1.82, 2.24) is 0 Å². The van der Waals surface area contributed by atoms with Gasteiger partial charge in [0.15, 0.2) is 0 Å². The van der Waals surface area contributed by atoms with Crippen LogP contribution in [0.5, 0.6) is 0 Å². The van der Waals surface area contributed by atoms with Gasteiger partial charge in [-0.1, -0.05) is 32.0 Å². The van der Waals surface area contributed by atoms with Crippen molar-refractivity contribution >= 4 is 5.69 Å². The fourth-order valence-electron chi connectivity index (χ4n) is 2.16. The standard InChI is InChI=1S/C12H17N/c1-3-10-8-9(2)11-6-4-5-7-12(11)13-10/h4-7,9-10,13H,3,8H2,1-2H3/t9-,10+/m1/s1. The summed E-state index contributed by atoms with van der Waals surface area (Å²) in [6.45, 7) is 4.57. The maximum absolute atomic E-state index is 3.58. The lowest BCUT2D eigenvalue weighted by atomic mass is 9.88. The fourth-order valence-corrected chi connectivity index (χ4v) is 2.16. The van der Waals surface area contributed by atoms with Crippen LogP contribution in [0.25, 0.3) is 0 Å². The first-order valence-electron chi connectivity index (χ1n) is 5.16. The summed E-state index contributed by atoms with van der Waals surface area (Å²) in [5.74, 6) is 0.711. The number of hydrogen-bond acceptors (Lipinski definition) is 1. The van der Waals surface area contributed by atoms with Gasteiger partial charge in [0.2, 0.25) is 0 Å². The average Bonchev–Trinajstić information content (AvgIpc) is 2.18. The van der Waals surface area contributed by atoms with E-state index < -0.39 is 0 Å². The first-order chi connectivity index (χ1) is 6.31. The van der Waals surface area contributed by atoms with Crippen molar-refractivity contribution in [1.29, 1.82) is 0 Å². The zero-order chi connectivity index (χ0) is 9.26. The highest BCUT2D eigenvalue weighted by molar-refractivity contribution is 5.55. The maximum Gasteiger partial charge on any atom is 0.0377 e. The van der Waals surface area contributed by atoms with Crippen molar-refractivity contribution in [2.45, 2.75) is 38.6 Å². The maximum atomic E-state index is 3.58. The third-order valence-corrected chi connectivity index (χ3v) is 2.98. The van der Waals surface area contributed by atoms with Crippen LogP contribution >= 0.6 is 0 Å². The summed E-state index contributed by atoms with van der Waals surface area (Å²) in [7, 11) is 0. The van der Waals surface area contributed by atoms with Crippen molar-refractivity contribution in [2.75, 3.05) is 5.32 Å². The second kappa shape index (κ2) is 3.41. The van der Waals surface area contributed by atoms with Crippen LogP contribution in [0.3, 0.4) is 0 Å². The molecule has 0 unspecified atom stereocenters. The largest absolute Gasteiger partial charge is 0.382 e. The molecule has 2 atom stereocenters. The molecule has 2 rings (SSSR count).